The van der Waals surface area contributed by atoms with Crippen molar-refractivity contribution in [3.8, 4) is 11.1 Å². The first-order valence-corrected chi connectivity index (χ1v) is 7.69. The molecule has 0 spiro atoms. The lowest BCUT2D eigenvalue weighted by atomic mass is 10.0. The van der Waals surface area contributed by atoms with Crippen LogP contribution in [0, 0.1) is 5.82 Å². The molecular formula is C16H10Cl2F4N2O. The molecule has 132 valence electrons. The third kappa shape index (κ3) is 3.19. The van der Waals surface area contributed by atoms with Gasteiger partial charge in [-0.2, -0.15) is 13.2 Å². The van der Waals surface area contributed by atoms with E-state index in [0.29, 0.717) is 5.56 Å². The zero-order valence-corrected chi connectivity index (χ0v) is 14.2. The summed E-state index contributed by atoms with van der Waals surface area (Å²) in [6.45, 7) is 0.106. The van der Waals surface area contributed by atoms with Gasteiger partial charge in [-0.3, -0.25) is 4.40 Å². The Kier molecular flexibility index (Phi) is 4.66. The monoisotopic (exact) mass is 392 g/mol. The van der Waals surface area contributed by atoms with Crippen LogP contribution in [0.15, 0.2) is 30.6 Å². The molecule has 0 bridgehead atoms. The predicted molar refractivity (Wildman–Crippen MR) is 86.3 cm³/mol. The van der Waals surface area contributed by atoms with Crippen molar-refractivity contribution >= 4 is 28.8 Å². The van der Waals surface area contributed by atoms with Crippen LogP contribution in [0.1, 0.15) is 11.3 Å². The Morgan fingerprint density at radius 3 is 2.52 bits per heavy atom. The smallest absolute Gasteiger partial charge is 0.380 e. The number of imidazole rings is 1. The van der Waals surface area contributed by atoms with Gasteiger partial charge in [0.1, 0.15) is 17.2 Å². The van der Waals surface area contributed by atoms with E-state index in [9.17, 15) is 17.6 Å². The third-order valence-electron chi connectivity index (χ3n) is 3.62. The Bertz CT molecular complexity index is 953. The molecule has 0 aliphatic rings. The van der Waals surface area contributed by atoms with Crippen LogP contribution in [0.25, 0.3) is 16.8 Å². The number of fused-ring (bicyclic) bond motifs is 1. The second kappa shape index (κ2) is 6.48. The Morgan fingerprint density at radius 1 is 1.16 bits per heavy atom. The average Bonchev–Trinajstić information content (AvgIpc) is 2.98. The van der Waals surface area contributed by atoms with E-state index < -0.39 is 17.7 Å². The maximum absolute atomic E-state index is 14.5. The number of methoxy groups -OCH3 is 1. The van der Waals surface area contributed by atoms with Gasteiger partial charge in [0.15, 0.2) is 0 Å². The van der Waals surface area contributed by atoms with Crippen LogP contribution in [0.2, 0.25) is 10.0 Å². The summed E-state index contributed by atoms with van der Waals surface area (Å²) in [4.78, 5) is 3.92. The maximum Gasteiger partial charge on any atom is 0.431 e. The molecule has 0 saturated heterocycles. The molecule has 0 fully saturated rings. The molecule has 2 heterocycles. The standard InChI is InChI=1S/C16H10Cl2F4N2O/c1-25-7-8-4-9(12(19)5-10(8)17)14-11(18)6-13(16(20,21)22)24-3-2-23-15(14)24/h2-6H,7H2,1H3. The van der Waals surface area contributed by atoms with Gasteiger partial charge in [-0.15, -0.1) is 0 Å². The molecule has 0 aliphatic carbocycles. The molecule has 0 aliphatic heterocycles. The van der Waals surface area contributed by atoms with E-state index in [1.54, 1.807) is 0 Å². The van der Waals surface area contributed by atoms with Gasteiger partial charge in [0.2, 0.25) is 0 Å². The summed E-state index contributed by atoms with van der Waals surface area (Å²) in [5.74, 6) is -0.726. The summed E-state index contributed by atoms with van der Waals surface area (Å²) >= 11 is 12.0. The van der Waals surface area contributed by atoms with Gasteiger partial charge in [0.25, 0.3) is 0 Å². The van der Waals surface area contributed by atoms with Crippen LogP contribution in [-0.4, -0.2) is 16.5 Å². The lowest BCUT2D eigenvalue weighted by Gasteiger charge is -2.15. The molecule has 1 aromatic carbocycles. The van der Waals surface area contributed by atoms with E-state index in [4.69, 9.17) is 27.9 Å². The van der Waals surface area contributed by atoms with Gasteiger partial charge < -0.3 is 4.74 Å². The Morgan fingerprint density at radius 2 is 1.88 bits per heavy atom. The molecule has 2 aromatic heterocycles. The second-order valence-electron chi connectivity index (χ2n) is 5.23. The van der Waals surface area contributed by atoms with Gasteiger partial charge in [-0.1, -0.05) is 23.2 Å². The van der Waals surface area contributed by atoms with Gasteiger partial charge in [0.05, 0.1) is 11.6 Å². The van der Waals surface area contributed by atoms with Gasteiger partial charge in [-0.05, 0) is 23.8 Å². The fourth-order valence-electron chi connectivity index (χ4n) is 2.57. The average molecular weight is 393 g/mol. The highest BCUT2D eigenvalue weighted by Gasteiger charge is 2.35. The fourth-order valence-corrected chi connectivity index (χ4v) is 3.06. The van der Waals surface area contributed by atoms with Crippen molar-refractivity contribution in [3.63, 3.8) is 0 Å². The lowest BCUT2D eigenvalue weighted by molar-refractivity contribution is -0.142. The van der Waals surface area contributed by atoms with E-state index in [-0.39, 0.29) is 33.4 Å². The molecule has 3 aromatic rings. The normalized spacial score (nSPS) is 12.1. The fraction of sp³-hybridized carbons (Fsp3) is 0.188. The van der Waals surface area contributed by atoms with Crippen molar-refractivity contribution < 1.29 is 22.3 Å². The minimum absolute atomic E-state index is 0.00799. The van der Waals surface area contributed by atoms with Crippen molar-refractivity contribution in [2.75, 3.05) is 7.11 Å². The summed E-state index contributed by atoms with van der Waals surface area (Å²) < 4.78 is 59.9. The summed E-state index contributed by atoms with van der Waals surface area (Å²) in [5.41, 5.74) is -0.594. The van der Waals surface area contributed by atoms with E-state index in [0.717, 1.165) is 22.7 Å². The molecule has 0 amide bonds. The molecule has 0 unspecified atom stereocenters. The number of ether oxygens (including phenoxy) is 1. The van der Waals surface area contributed by atoms with Crippen LogP contribution in [0.3, 0.4) is 0 Å². The summed E-state index contributed by atoms with van der Waals surface area (Å²) in [5, 5.41) is -0.124. The van der Waals surface area contributed by atoms with Crippen LogP contribution in [0.4, 0.5) is 17.6 Å². The van der Waals surface area contributed by atoms with Crippen LogP contribution in [0.5, 0.6) is 0 Å². The third-order valence-corrected chi connectivity index (χ3v) is 4.27. The SMILES string of the molecule is COCc1cc(-c2c(Cl)cc(C(F)(F)F)n3ccnc23)c(F)cc1Cl. The minimum Gasteiger partial charge on any atom is -0.380 e. The maximum atomic E-state index is 14.5. The number of nitrogens with zero attached hydrogens (tertiary/aromatic N) is 2. The van der Waals surface area contributed by atoms with E-state index >= 15 is 0 Å². The highest BCUT2D eigenvalue weighted by molar-refractivity contribution is 6.34. The van der Waals surface area contributed by atoms with Crippen LogP contribution in [-0.2, 0) is 17.5 Å². The Balaban J connectivity index is 2.33. The molecule has 0 radical (unpaired) electrons. The van der Waals surface area contributed by atoms with Crippen molar-refractivity contribution in [2.45, 2.75) is 12.8 Å². The lowest BCUT2D eigenvalue weighted by Crippen LogP contribution is -2.12. The molecule has 3 nitrogen and oxygen atoms in total. The Labute approximate surface area is 149 Å². The van der Waals surface area contributed by atoms with Crippen molar-refractivity contribution in [3.05, 3.63) is 57.7 Å². The highest BCUT2D eigenvalue weighted by atomic mass is 35.5. The van der Waals surface area contributed by atoms with Crippen molar-refractivity contribution in [1.82, 2.24) is 9.38 Å². The minimum atomic E-state index is -4.64. The first-order chi connectivity index (χ1) is 11.7. The first kappa shape index (κ1) is 18.0. The molecule has 0 saturated carbocycles. The molecule has 3 rings (SSSR count). The topological polar surface area (TPSA) is 26.5 Å². The molecule has 25 heavy (non-hydrogen) atoms. The summed E-state index contributed by atoms with van der Waals surface area (Å²) in [6, 6.07) is 3.21. The number of hydrogen-bond acceptors (Lipinski definition) is 2. The second-order valence-corrected chi connectivity index (χ2v) is 6.04. The predicted octanol–water partition coefficient (Wildman–Crippen LogP) is 5.61. The van der Waals surface area contributed by atoms with Crippen molar-refractivity contribution in [2.24, 2.45) is 0 Å². The van der Waals surface area contributed by atoms with Crippen LogP contribution < -0.4 is 0 Å². The molecule has 0 N–H and O–H groups in total. The largest absolute Gasteiger partial charge is 0.431 e. The zero-order valence-electron chi connectivity index (χ0n) is 12.7. The molecule has 9 heteroatoms. The van der Waals surface area contributed by atoms with Crippen LogP contribution >= 0.6 is 23.2 Å². The number of hydrogen-bond donors (Lipinski definition) is 0. The molecule has 0 atom stereocenters. The van der Waals surface area contributed by atoms with E-state index in [1.807, 2.05) is 0 Å². The Hall–Kier alpha value is -1.83. The highest BCUT2D eigenvalue weighted by Crippen LogP contribution is 2.40. The van der Waals surface area contributed by atoms with Gasteiger partial charge in [0, 0.05) is 35.7 Å². The number of halogens is 6. The van der Waals surface area contributed by atoms with Gasteiger partial charge >= 0.3 is 6.18 Å². The zero-order chi connectivity index (χ0) is 18.4. The molecular weight excluding hydrogens is 383 g/mol. The summed E-state index contributed by atoms with van der Waals surface area (Å²) in [7, 11) is 1.44. The summed E-state index contributed by atoms with van der Waals surface area (Å²) in [6.07, 6.45) is -2.31. The van der Waals surface area contributed by atoms with Gasteiger partial charge in [-0.25, -0.2) is 9.37 Å². The first-order valence-electron chi connectivity index (χ1n) is 6.94. The van der Waals surface area contributed by atoms with E-state index in [2.05, 4.69) is 4.98 Å². The number of benzene rings is 1. The number of pyridine rings is 1. The number of alkyl halides is 3. The number of rotatable bonds is 3. The van der Waals surface area contributed by atoms with Crippen molar-refractivity contribution in [1.29, 1.82) is 0 Å². The van der Waals surface area contributed by atoms with E-state index in [1.165, 1.54) is 19.4 Å². The quantitative estimate of drug-likeness (QED) is 0.541. The number of aromatic nitrogens is 2.